The first-order valence-corrected chi connectivity index (χ1v) is 13.3. The van der Waals surface area contributed by atoms with E-state index in [2.05, 4.69) is 25.3 Å². The predicted octanol–water partition coefficient (Wildman–Crippen LogP) is -0.499. The Labute approximate surface area is 237 Å². The number of hydrogen-bond donors (Lipinski definition) is 2. The van der Waals surface area contributed by atoms with Crippen LogP contribution in [-0.4, -0.2) is 115 Å². The molecule has 0 aliphatic carbocycles. The van der Waals surface area contributed by atoms with E-state index in [1.807, 2.05) is 4.90 Å². The number of hydrogen-bond acceptors (Lipinski definition) is 9. The molecule has 4 radical (unpaired) electrons. The van der Waals surface area contributed by atoms with Crippen LogP contribution >= 0.6 is 0 Å². The largest absolute Gasteiger partial charge is 0.381 e. The Morgan fingerprint density at radius 3 is 2.44 bits per heavy atom. The maximum absolute atomic E-state index is 15.1. The molecule has 12 nitrogen and oxygen atoms in total. The van der Waals surface area contributed by atoms with Gasteiger partial charge in [0.25, 0.3) is 5.91 Å². The Morgan fingerprint density at radius 1 is 1.07 bits per heavy atom. The first-order chi connectivity index (χ1) is 19.6. The molecule has 3 aromatic rings. The second-order valence-electron chi connectivity index (χ2n) is 10.6. The molecule has 3 N–H and O–H groups in total. The molecule has 3 fully saturated rings. The summed E-state index contributed by atoms with van der Waals surface area (Å²) >= 11 is 0. The summed E-state index contributed by atoms with van der Waals surface area (Å²) in [5.74, 6) is -2.55. The first kappa shape index (κ1) is 27.4. The van der Waals surface area contributed by atoms with E-state index in [1.54, 1.807) is 4.90 Å². The summed E-state index contributed by atoms with van der Waals surface area (Å²) in [5.41, 5.74) is 5.46. The molecule has 0 unspecified atom stereocenters. The lowest BCUT2D eigenvalue weighted by molar-refractivity contribution is -0.139. The summed E-state index contributed by atoms with van der Waals surface area (Å²) < 4.78 is 35.3. The number of nitrogen functional groups attached to an aromatic ring is 1. The fourth-order valence-electron chi connectivity index (χ4n) is 5.61. The Bertz CT molecular complexity index is 1500. The van der Waals surface area contributed by atoms with Crippen molar-refractivity contribution in [3.8, 4) is 0 Å². The number of nitrogens with two attached hydrogens (primary N) is 1. The molecule has 2 amide bonds. The van der Waals surface area contributed by atoms with Gasteiger partial charge in [0.1, 0.15) is 19.1 Å². The number of nitrogens with zero attached hydrogens (tertiary/aromatic N) is 7. The van der Waals surface area contributed by atoms with E-state index >= 15 is 4.39 Å². The van der Waals surface area contributed by atoms with E-state index in [-0.39, 0.29) is 47.4 Å². The normalized spacial score (nSPS) is 19.8. The number of carbonyl (C=O) groups is 2. The molecule has 6 rings (SSSR count). The van der Waals surface area contributed by atoms with Crippen molar-refractivity contribution in [3.63, 3.8) is 0 Å². The minimum Gasteiger partial charge on any atom is -0.381 e. The number of piperidine rings is 1. The Hall–Kier alpha value is -3.78. The third-order valence-corrected chi connectivity index (χ3v) is 8.10. The minimum atomic E-state index is -1.07. The predicted molar refractivity (Wildman–Crippen MR) is 148 cm³/mol. The van der Waals surface area contributed by atoms with Crippen LogP contribution in [0.2, 0.25) is 5.31 Å². The van der Waals surface area contributed by atoms with Gasteiger partial charge in [-0.25, -0.2) is 18.3 Å². The molecule has 3 aliphatic heterocycles. The van der Waals surface area contributed by atoms with Crippen molar-refractivity contribution >= 4 is 55.9 Å². The monoisotopic (exact) mass is 561 g/mol. The Balaban J connectivity index is 1.15. The fourth-order valence-corrected chi connectivity index (χ4v) is 5.61. The third kappa shape index (κ3) is 4.99. The molecular weight excluding hydrogens is 534 g/mol. The molecule has 210 valence electrons. The highest BCUT2D eigenvalue weighted by atomic mass is 19.1. The fraction of sp³-hybridized carbons (Fsp3) is 0.480. The van der Waals surface area contributed by atoms with Gasteiger partial charge in [-0.2, -0.15) is 0 Å². The molecule has 3 aliphatic rings. The van der Waals surface area contributed by atoms with Crippen molar-refractivity contribution in [1.29, 1.82) is 0 Å². The zero-order valence-electron chi connectivity index (χ0n) is 22.2. The van der Waals surface area contributed by atoms with Gasteiger partial charge in [-0.15, -0.1) is 5.10 Å². The average Bonchev–Trinajstić information content (AvgIpc) is 3.23. The van der Waals surface area contributed by atoms with Crippen molar-refractivity contribution in [2.24, 2.45) is 0 Å². The number of nitrogens with one attached hydrogen (secondary N) is 1. The number of rotatable bonds is 5. The molecular formula is C25H27B2F2N9O3. The van der Waals surface area contributed by atoms with Gasteiger partial charge >= 0.3 is 0 Å². The maximum atomic E-state index is 15.1. The molecule has 0 atom stereocenters. The molecule has 0 saturated carbocycles. The molecule has 3 saturated heterocycles. The van der Waals surface area contributed by atoms with Gasteiger partial charge < -0.3 is 25.6 Å². The quantitative estimate of drug-likeness (QED) is 0.396. The molecule has 3 aromatic heterocycles. The summed E-state index contributed by atoms with van der Waals surface area (Å²) in [5, 5.41) is 5.47. The van der Waals surface area contributed by atoms with E-state index in [4.69, 9.17) is 26.2 Å². The number of amides is 2. The van der Waals surface area contributed by atoms with Crippen molar-refractivity contribution in [2.45, 2.75) is 24.2 Å². The van der Waals surface area contributed by atoms with Crippen molar-refractivity contribution in [3.05, 3.63) is 35.8 Å². The standard InChI is InChI=1S/C25H27B2F2N9O3/c26-20-16(29)11-38-22(33-20)18(21(30)34-38)23(39)32-17-10-31-9-15(28)19(17)36-3-1-25(27,2-4-36)24(40)37-7-5-35(6-8-37)14-12-41-13-14/h9-11,14H,1-8,12-13H2,(H2,30,34)(H,32,39). The number of pyridine rings is 1. The van der Waals surface area contributed by atoms with Gasteiger partial charge in [0, 0.05) is 50.2 Å². The first-order valence-electron chi connectivity index (χ1n) is 13.3. The zero-order valence-corrected chi connectivity index (χ0v) is 22.2. The third-order valence-electron chi connectivity index (χ3n) is 8.10. The molecule has 0 bridgehead atoms. The number of ether oxygens (including phenoxy) is 1. The maximum Gasteiger partial charge on any atom is 0.263 e. The van der Waals surface area contributed by atoms with Gasteiger partial charge in [0.2, 0.25) is 5.91 Å². The molecule has 0 spiro atoms. The van der Waals surface area contributed by atoms with Crippen LogP contribution in [-0.2, 0) is 9.53 Å². The number of fused-ring (bicyclic) bond motifs is 1. The molecule has 41 heavy (non-hydrogen) atoms. The molecule has 0 aromatic carbocycles. The second kappa shape index (κ2) is 10.6. The van der Waals surface area contributed by atoms with E-state index in [1.165, 1.54) is 6.20 Å². The van der Waals surface area contributed by atoms with Gasteiger partial charge in [-0.1, -0.05) is 0 Å². The second-order valence-corrected chi connectivity index (χ2v) is 10.6. The number of aromatic nitrogens is 4. The number of piperazine rings is 1. The SMILES string of the molecule is [B]c1nc2c(C(=O)Nc3cncc(F)c3N3CCC([B])(C(=O)N4CCN(C5COC5)CC4)CC3)c(N)nn2cc1F. The average molecular weight is 561 g/mol. The summed E-state index contributed by atoms with van der Waals surface area (Å²) in [6, 6.07) is 0.425. The van der Waals surface area contributed by atoms with Crippen LogP contribution < -0.4 is 21.5 Å². The van der Waals surface area contributed by atoms with Crippen molar-refractivity contribution in [1.82, 2.24) is 29.4 Å². The Morgan fingerprint density at radius 2 is 1.78 bits per heavy atom. The highest BCUT2D eigenvalue weighted by molar-refractivity contribution is 6.31. The summed E-state index contributed by atoms with van der Waals surface area (Å²) in [6.45, 7) is 4.79. The van der Waals surface area contributed by atoms with Crippen LogP contribution in [0.4, 0.5) is 26.0 Å². The summed E-state index contributed by atoms with van der Waals surface area (Å²) in [6.07, 6.45) is 3.90. The van der Waals surface area contributed by atoms with Crippen LogP contribution in [0.25, 0.3) is 5.65 Å². The Kier molecular flexibility index (Phi) is 7.06. The summed E-state index contributed by atoms with van der Waals surface area (Å²) in [7, 11) is 12.2. The van der Waals surface area contributed by atoms with Gasteiger partial charge in [0.15, 0.2) is 23.1 Å². The van der Waals surface area contributed by atoms with Crippen molar-refractivity contribution in [2.75, 3.05) is 68.4 Å². The van der Waals surface area contributed by atoms with Crippen molar-refractivity contribution < 1.29 is 23.1 Å². The van der Waals surface area contributed by atoms with E-state index in [0.29, 0.717) is 32.0 Å². The minimum absolute atomic E-state index is 0.0592. The number of halogens is 2. The number of carbonyl (C=O) groups excluding carboxylic acids is 2. The lowest BCUT2D eigenvalue weighted by Crippen LogP contribution is -2.59. The summed E-state index contributed by atoms with van der Waals surface area (Å²) in [4.78, 5) is 40.3. The van der Waals surface area contributed by atoms with Crippen LogP contribution in [0.3, 0.4) is 0 Å². The topological polar surface area (TPSA) is 134 Å². The van der Waals surface area contributed by atoms with E-state index < -0.39 is 28.4 Å². The van der Waals surface area contributed by atoms with Crippen LogP contribution in [0.5, 0.6) is 0 Å². The molecule has 16 heteroatoms. The zero-order chi connectivity index (χ0) is 28.9. The van der Waals surface area contributed by atoms with Gasteiger partial charge in [-0.3, -0.25) is 19.5 Å². The highest BCUT2D eigenvalue weighted by Crippen LogP contribution is 2.41. The van der Waals surface area contributed by atoms with E-state index in [0.717, 1.165) is 43.2 Å². The van der Waals surface area contributed by atoms with Gasteiger partial charge in [-0.05, 0) is 12.8 Å². The van der Waals surface area contributed by atoms with E-state index in [9.17, 15) is 14.0 Å². The molecule has 6 heterocycles. The lowest BCUT2D eigenvalue weighted by Gasteiger charge is -2.46. The van der Waals surface area contributed by atoms with Crippen LogP contribution in [0.1, 0.15) is 23.2 Å². The highest BCUT2D eigenvalue weighted by Gasteiger charge is 2.41. The van der Waals surface area contributed by atoms with Crippen LogP contribution in [0, 0.1) is 11.6 Å². The smallest absolute Gasteiger partial charge is 0.263 e. The van der Waals surface area contributed by atoms with Gasteiger partial charge in [0.05, 0.1) is 51.4 Å². The van der Waals surface area contributed by atoms with Crippen LogP contribution in [0.15, 0.2) is 18.6 Å². The lowest BCUT2D eigenvalue weighted by atomic mass is 9.61. The number of anilines is 3.